The summed E-state index contributed by atoms with van der Waals surface area (Å²) in [5.41, 5.74) is 7.15. The van der Waals surface area contributed by atoms with E-state index in [-0.39, 0.29) is 5.91 Å². The average molecular weight is 225 g/mol. The van der Waals surface area contributed by atoms with E-state index in [9.17, 15) is 4.79 Å². The van der Waals surface area contributed by atoms with Crippen LogP contribution in [0.3, 0.4) is 0 Å². The first-order valence-corrected chi connectivity index (χ1v) is 5.61. The summed E-state index contributed by atoms with van der Waals surface area (Å²) < 4.78 is 5.02. The summed E-state index contributed by atoms with van der Waals surface area (Å²) >= 11 is 0. The van der Waals surface area contributed by atoms with Gasteiger partial charge in [-0.1, -0.05) is 25.4 Å². The minimum Gasteiger partial charge on any atom is -0.359 e. The molecule has 0 spiro atoms. The van der Waals surface area contributed by atoms with Crippen molar-refractivity contribution in [3.63, 3.8) is 0 Å². The largest absolute Gasteiger partial charge is 0.359 e. The van der Waals surface area contributed by atoms with Crippen molar-refractivity contribution in [2.45, 2.75) is 46.1 Å². The Morgan fingerprint density at radius 1 is 1.56 bits per heavy atom. The zero-order valence-corrected chi connectivity index (χ0v) is 10.0. The van der Waals surface area contributed by atoms with Crippen LogP contribution in [0.5, 0.6) is 0 Å². The number of hydrogen-bond acceptors (Lipinski definition) is 4. The highest BCUT2D eigenvalue weighted by Gasteiger charge is 2.18. The number of aromatic nitrogens is 1. The van der Waals surface area contributed by atoms with Gasteiger partial charge in [-0.15, -0.1) is 0 Å². The Labute approximate surface area is 95.4 Å². The zero-order chi connectivity index (χ0) is 12.1. The van der Waals surface area contributed by atoms with Crippen molar-refractivity contribution in [2.75, 3.05) is 5.32 Å². The van der Waals surface area contributed by atoms with Crippen LogP contribution in [0.2, 0.25) is 0 Å². The van der Waals surface area contributed by atoms with Gasteiger partial charge in [0.15, 0.2) is 5.76 Å². The molecule has 1 aromatic rings. The molecule has 0 aliphatic rings. The van der Waals surface area contributed by atoms with Gasteiger partial charge in [-0.05, 0) is 19.8 Å². The molecular formula is C11H19N3O2. The summed E-state index contributed by atoms with van der Waals surface area (Å²) in [6.45, 7) is 5.72. The van der Waals surface area contributed by atoms with E-state index in [4.69, 9.17) is 10.3 Å². The molecule has 90 valence electrons. The number of rotatable bonds is 5. The van der Waals surface area contributed by atoms with E-state index >= 15 is 0 Å². The van der Waals surface area contributed by atoms with Gasteiger partial charge in [0.1, 0.15) is 11.4 Å². The number of nitrogens with one attached hydrogen (secondary N) is 1. The average Bonchev–Trinajstić information content (AvgIpc) is 2.60. The molecule has 5 heteroatoms. The Bertz CT molecular complexity index is 360. The number of carbonyl (C=O) groups is 1. The van der Waals surface area contributed by atoms with Gasteiger partial charge in [-0.25, -0.2) is 0 Å². The number of anilines is 1. The fraction of sp³-hybridized carbons (Fsp3) is 0.636. The van der Waals surface area contributed by atoms with Crippen LogP contribution in [-0.2, 0) is 11.2 Å². The molecule has 0 radical (unpaired) electrons. The number of hydrogen-bond donors (Lipinski definition) is 2. The van der Waals surface area contributed by atoms with E-state index in [1.165, 1.54) is 0 Å². The molecule has 0 aliphatic heterocycles. The van der Waals surface area contributed by atoms with Gasteiger partial charge in [0.25, 0.3) is 0 Å². The summed E-state index contributed by atoms with van der Waals surface area (Å²) in [6.07, 6.45) is 2.28. The smallest absolute Gasteiger partial charge is 0.241 e. The van der Waals surface area contributed by atoms with E-state index in [1.54, 1.807) is 6.92 Å². The van der Waals surface area contributed by atoms with Crippen LogP contribution in [0.1, 0.15) is 38.1 Å². The summed E-state index contributed by atoms with van der Waals surface area (Å²) in [6, 6.07) is -0.469. The van der Waals surface area contributed by atoms with Crippen LogP contribution < -0.4 is 11.1 Å². The number of amides is 1. The van der Waals surface area contributed by atoms with E-state index in [0.29, 0.717) is 17.9 Å². The van der Waals surface area contributed by atoms with Crippen molar-refractivity contribution in [1.82, 2.24) is 5.16 Å². The zero-order valence-electron chi connectivity index (χ0n) is 10.0. The van der Waals surface area contributed by atoms with Crippen molar-refractivity contribution < 1.29 is 9.32 Å². The summed E-state index contributed by atoms with van der Waals surface area (Å²) in [4.78, 5) is 11.7. The third-order valence-corrected chi connectivity index (χ3v) is 2.45. The minimum atomic E-state index is -0.469. The number of carbonyl (C=O) groups excluding carboxylic acids is 1. The first kappa shape index (κ1) is 12.7. The summed E-state index contributed by atoms with van der Waals surface area (Å²) in [7, 11) is 0. The highest BCUT2D eigenvalue weighted by Crippen LogP contribution is 2.20. The van der Waals surface area contributed by atoms with Gasteiger partial charge in [0.2, 0.25) is 5.91 Å². The second kappa shape index (κ2) is 5.65. The van der Waals surface area contributed by atoms with E-state index in [2.05, 4.69) is 10.5 Å². The first-order chi connectivity index (χ1) is 7.60. The van der Waals surface area contributed by atoms with Crippen molar-refractivity contribution >= 4 is 11.6 Å². The van der Waals surface area contributed by atoms with Crippen molar-refractivity contribution in [3.05, 3.63) is 11.5 Å². The molecule has 1 heterocycles. The Balaban J connectivity index is 2.72. The number of nitrogens with two attached hydrogens (primary N) is 1. The summed E-state index contributed by atoms with van der Waals surface area (Å²) in [5, 5.41) is 6.64. The van der Waals surface area contributed by atoms with E-state index in [0.717, 1.165) is 18.5 Å². The SMILES string of the molecule is CCCC(N)C(=O)Nc1c(CC)noc1C. The van der Waals surface area contributed by atoms with Crippen LogP contribution in [0.4, 0.5) is 5.69 Å². The highest BCUT2D eigenvalue weighted by molar-refractivity contribution is 5.95. The molecule has 0 saturated heterocycles. The molecular weight excluding hydrogens is 206 g/mol. The lowest BCUT2D eigenvalue weighted by Crippen LogP contribution is -2.35. The summed E-state index contributed by atoms with van der Waals surface area (Å²) in [5.74, 6) is 0.441. The fourth-order valence-corrected chi connectivity index (χ4v) is 1.48. The van der Waals surface area contributed by atoms with E-state index < -0.39 is 6.04 Å². The third-order valence-electron chi connectivity index (χ3n) is 2.45. The van der Waals surface area contributed by atoms with Crippen LogP contribution in [0, 0.1) is 6.92 Å². The van der Waals surface area contributed by atoms with Gasteiger partial charge in [0, 0.05) is 0 Å². The molecule has 5 nitrogen and oxygen atoms in total. The van der Waals surface area contributed by atoms with Crippen LogP contribution in [-0.4, -0.2) is 17.1 Å². The molecule has 0 aliphatic carbocycles. The fourth-order valence-electron chi connectivity index (χ4n) is 1.48. The maximum absolute atomic E-state index is 11.7. The highest BCUT2D eigenvalue weighted by atomic mass is 16.5. The predicted octanol–water partition coefficient (Wildman–Crippen LogP) is 1.61. The lowest BCUT2D eigenvalue weighted by atomic mass is 10.1. The van der Waals surface area contributed by atoms with Gasteiger partial charge >= 0.3 is 0 Å². The second-order valence-electron chi connectivity index (χ2n) is 3.80. The van der Waals surface area contributed by atoms with Crippen molar-refractivity contribution in [3.8, 4) is 0 Å². The molecule has 0 fully saturated rings. The first-order valence-electron chi connectivity index (χ1n) is 5.61. The van der Waals surface area contributed by atoms with Crippen molar-refractivity contribution in [1.29, 1.82) is 0 Å². The van der Waals surface area contributed by atoms with Crippen LogP contribution in [0.25, 0.3) is 0 Å². The normalized spacial score (nSPS) is 12.5. The molecule has 1 atom stereocenters. The molecule has 0 bridgehead atoms. The molecule has 16 heavy (non-hydrogen) atoms. The van der Waals surface area contributed by atoms with Crippen LogP contribution in [0.15, 0.2) is 4.52 Å². The molecule has 3 N–H and O–H groups in total. The molecule has 0 saturated carbocycles. The Hall–Kier alpha value is -1.36. The Morgan fingerprint density at radius 3 is 2.81 bits per heavy atom. The molecule has 1 unspecified atom stereocenters. The maximum atomic E-state index is 11.7. The van der Waals surface area contributed by atoms with Crippen molar-refractivity contribution in [2.24, 2.45) is 5.73 Å². The predicted molar refractivity (Wildman–Crippen MR) is 62.1 cm³/mol. The van der Waals surface area contributed by atoms with E-state index in [1.807, 2.05) is 13.8 Å². The van der Waals surface area contributed by atoms with Gasteiger partial charge in [-0.2, -0.15) is 0 Å². The third kappa shape index (κ3) is 2.82. The monoisotopic (exact) mass is 225 g/mol. The van der Waals surface area contributed by atoms with Crippen LogP contribution >= 0.6 is 0 Å². The minimum absolute atomic E-state index is 0.178. The Kier molecular flexibility index (Phi) is 4.49. The topological polar surface area (TPSA) is 81.2 Å². The molecule has 1 rings (SSSR count). The van der Waals surface area contributed by atoms with Gasteiger partial charge in [-0.3, -0.25) is 4.79 Å². The molecule has 1 aromatic heterocycles. The Morgan fingerprint density at radius 2 is 2.25 bits per heavy atom. The van der Waals surface area contributed by atoms with Gasteiger partial charge < -0.3 is 15.6 Å². The lowest BCUT2D eigenvalue weighted by molar-refractivity contribution is -0.117. The maximum Gasteiger partial charge on any atom is 0.241 e. The number of aryl methyl sites for hydroxylation is 2. The molecule has 1 amide bonds. The standard InChI is InChI=1S/C11H19N3O2/c1-4-6-8(12)11(15)13-10-7(3)16-14-9(10)5-2/h8H,4-6,12H2,1-3H3,(H,13,15). The second-order valence-corrected chi connectivity index (χ2v) is 3.80. The van der Waals surface area contributed by atoms with Gasteiger partial charge in [0.05, 0.1) is 6.04 Å². The molecule has 0 aromatic carbocycles. The lowest BCUT2D eigenvalue weighted by Gasteiger charge is -2.10. The number of nitrogens with zero attached hydrogens (tertiary/aromatic N) is 1. The quantitative estimate of drug-likeness (QED) is 0.797.